The summed E-state index contributed by atoms with van der Waals surface area (Å²) in [5, 5.41) is 1.45. The standard InChI is InChI=1S/C27H27ClN4O2S/c1-34-22-15-17(7-12-20(22)26-30-13-4-14-31-26)16-32(19-10-8-18(29)9-11-19)27(33)25-24(28)21-5-2-3-6-23(21)35-25/h2-7,12-15,18-19H,8-11,16,29H2,1H3. The summed E-state index contributed by atoms with van der Waals surface area (Å²) < 4.78 is 6.68. The van der Waals surface area contributed by atoms with Gasteiger partial charge in [0.1, 0.15) is 10.6 Å². The average molecular weight is 507 g/mol. The van der Waals surface area contributed by atoms with Crippen molar-refractivity contribution in [2.75, 3.05) is 7.11 Å². The summed E-state index contributed by atoms with van der Waals surface area (Å²) >= 11 is 8.16. The topological polar surface area (TPSA) is 81.3 Å². The van der Waals surface area contributed by atoms with Crippen molar-refractivity contribution in [3.63, 3.8) is 0 Å². The van der Waals surface area contributed by atoms with Gasteiger partial charge in [-0.15, -0.1) is 11.3 Å². The molecule has 180 valence electrons. The summed E-state index contributed by atoms with van der Waals surface area (Å²) in [6.45, 7) is 0.454. The summed E-state index contributed by atoms with van der Waals surface area (Å²) in [5.74, 6) is 1.24. The Bertz CT molecular complexity index is 1340. The lowest BCUT2D eigenvalue weighted by Crippen LogP contribution is -2.43. The van der Waals surface area contributed by atoms with Crippen LogP contribution in [0.15, 0.2) is 60.9 Å². The van der Waals surface area contributed by atoms with E-state index in [4.69, 9.17) is 22.1 Å². The van der Waals surface area contributed by atoms with Gasteiger partial charge in [-0.25, -0.2) is 9.97 Å². The van der Waals surface area contributed by atoms with Gasteiger partial charge >= 0.3 is 0 Å². The number of fused-ring (bicyclic) bond motifs is 1. The fourth-order valence-corrected chi connectivity index (χ4v) is 6.18. The van der Waals surface area contributed by atoms with Crippen molar-refractivity contribution in [3.8, 4) is 17.1 Å². The lowest BCUT2D eigenvalue weighted by Gasteiger charge is -2.36. The molecule has 1 fully saturated rings. The number of methoxy groups -OCH3 is 1. The Balaban J connectivity index is 1.49. The zero-order chi connectivity index (χ0) is 24.4. The molecular weight excluding hydrogens is 480 g/mol. The van der Waals surface area contributed by atoms with E-state index in [1.807, 2.05) is 47.4 Å². The van der Waals surface area contributed by atoms with Crippen molar-refractivity contribution in [1.29, 1.82) is 0 Å². The van der Waals surface area contributed by atoms with E-state index < -0.39 is 0 Å². The summed E-state index contributed by atoms with van der Waals surface area (Å²) in [7, 11) is 1.63. The molecule has 0 unspecified atom stereocenters. The van der Waals surface area contributed by atoms with Crippen LogP contribution in [0, 0.1) is 0 Å². The van der Waals surface area contributed by atoms with Crippen molar-refractivity contribution in [1.82, 2.24) is 14.9 Å². The van der Waals surface area contributed by atoms with Gasteiger partial charge in [0, 0.05) is 41.1 Å². The molecule has 1 saturated carbocycles. The molecule has 5 rings (SSSR count). The molecule has 2 aromatic heterocycles. The number of rotatable bonds is 6. The van der Waals surface area contributed by atoms with Crippen molar-refractivity contribution >= 4 is 38.9 Å². The Morgan fingerprint density at radius 3 is 2.57 bits per heavy atom. The normalized spacial score (nSPS) is 17.9. The number of hydrogen-bond donors (Lipinski definition) is 1. The molecule has 1 aliphatic carbocycles. The van der Waals surface area contributed by atoms with Gasteiger partial charge in [0.25, 0.3) is 5.91 Å². The molecule has 0 aliphatic heterocycles. The first-order valence-electron chi connectivity index (χ1n) is 11.7. The molecule has 2 aromatic carbocycles. The number of aromatic nitrogens is 2. The Morgan fingerprint density at radius 1 is 1.11 bits per heavy atom. The monoisotopic (exact) mass is 506 g/mol. The number of carbonyl (C=O) groups is 1. The zero-order valence-corrected chi connectivity index (χ0v) is 21.1. The number of hydrogen-bond acceptors (Lipinski definition) is 6. The molecule has 8 heteroatoms. The molecule has 6 nitrogen and oxygen atoms in total. The van der Waals surface area contributed by atoms with E-state index in [1.54, 1.807) is 25.6 Å². The van der Waals surface area contributed by atoms with Crippen molar-refractivity contribution in [3.05, 3.63) is 76.4 Å². The van der Waals surface area contributed by atoms with Crippen LogP contribution in [-0.2, 0) is 6.54 Å². The summed E-state index contributed by atoms with van der Waals surface area (Å²) in [4.78, 5) is 25.2. The number of amides is 1. The lowest BCUT2D eigenvalue weighted by molar-refractivity contribution is 0.0611. The van der Waals surface area contributed by atoms with Gasteiger partial charge < -0.3 is 15.4 Å². The predicted molar refractivity (Wildman–Crippen MR) is 141 cm³/mol. The molecule has 0 bridgehead atoms. The number of nitrogens with zero attached hydrogens (tertiary/aromatic N) is 3. The van der Waals surface area contributed by atoms with Gasteiger partial charge in [-0.1, -0.05) is 35.9 Å². The number of benzene rings is 2. The number of thiophene rings is 1. The van der Waals surface area contributed by atoms with E-state index >= 15 is 0 Å². The van der Waals surface area contributed by atoms with Crippen LogP contribution in [0.2, 0.25) is 5.02 Å². The maximum Gasteiger partial charge on any atom is 0.266 e. The minimum atomic E-state index is -0.0360. The minimum Gasteiger partial charge on any atom is -0.496 e. The predicted octanol–water partition coefficient (Wildman–Crippen LogP) is 5.93. The van der Waals surface area contributed by atoms with Crippen LogP contribution in [0.1, 0.15) is 40.9 Å². The fraction of sp³-hybridized carbons (Fsp3) is 0.296. The maximum atomic E-state index is 13.9. The number of ether oxygens (including phenoxy) is 1. The van der Waals surface area contributed by atoms with Crippen LogP contribution >= 0.6 is 22.9 Å². The molecule has 35 heavy (non-hydrogen) atoms. The highest BCUT2D eigenvalue weighted by atomic mass is 35.5. The highest BCUT2D eigenvalue weighted by Crippen LogP contribution is 2.38. The van der Waals surface area contributed by atoms with Crippen LogP contribution in [0.5, 0.6) is 5.75 Å². The van der Waals surface area contributed by atoms with Crippen LogP contribution in [0.25, 0.3) is 21.5 Å². The minimum absolute atomic E-state index is 0.0360. The second-order valence-electron chi connectivity index (χ2n) is 8.85. The zero-order valence-electron chi connectivity index (χ0n) is 19.5. The Kier molecular flexibility index (Phi) is 7.00. The first-order valence-corrected chi connectivity index (χ1v) is 12.9. The largest absolute Gasteiger partial charge is 0.496 e. The third-order valence-corrected chi connectivity index (χ3v) is 8.26. The first kappa shape index (κ1) is 23.7. The molecule has 4 aromatic rings. The summed E-state index contributed by atoms with van der Waals surface area (Å²) in [6, 6.07) is 15.9. The van der Waals surface area contributed by atoms with Crippen LogP contribution in [-0.4, -0.2) is 40.0 Å². The number of halogens is 1. The van der Waals surface area contributed by atoms with Crippen molar-refractivity contribution in [2.24, 2.45) is 5.73 Å². The van der Waals surface area contributed by atoms with Gasteiger partial charge in [-0.3, -0.25) is 4.79 Å². The van der Waals surface area contributed by atoms with Gasteiger partial charge in [-0.05, 0) is 55.5 Å². The Morgan fingerprint density at radius 2 is 1.86 bits per heavy atom. The second-order valence-corrected chi connectivity index (χ2v) is 10.3. The average Bonchev–Trinajstić information content (AvgIpc) is 3.24. The van der Waals surface area contributed by atoms with E-state index in [9.17, 15) is 4.79 Å². The first-order chi connectivity index (χ1) is 17.0. The molecule has 0 radical (unpaired) electrons. The quantitative estimate of drug-likeness (QED) is 0.350. The van der Waals surface area contributed by atoms with Gasteiger partial charge in [0.2, 0.25) is 0 Å². The molecule has 2 N–H and O–H groups in total. The van der Waals surface area contributed by atoms with Gasteiger partial charge in [-0.2, -0.15) is 0 Å². The number of nitrogens with two attached hydrogens (primary N) is 1. The molecule has 0 spiro atoms. The van der Waals surface area contributed by atoms with Crippen LogP contribution < -0.4 is 10.5 Å². The molecule has 0 saturated heterocycles. The fourth-order valence-electron chi connectivity index (χ4n) is 4.72. The number of carbonyl (C=O) groups excluding carboxylic acids is 1. The third kappa shape index (κ3) is 4.89. The molecular formula is C27H27ClN4O2S. The molecule has 1 aliphatic rings. The Hall–Kier alpha value is -3.00. The maximum absolute atomic E-state index is 13.9. The summed E-state index contributed by atoms with van der Waals surface area (Å²) in [5.41, 5.74) is 7.96. The molecule has 0 atom stereocenters. The highest BCUT2D eigenvalue weighted by Gasteiger charge is 2.31. The Labute approximate surface area is 213 Å². The summed E-state index contributed by atoms with van der Waals surface area (Å²) in [6.07, 6.45) is 6.98. The van der Waals surface area contributed by atoms with Crippen molar-refractivity contribution < 1.29 is 9.53 Å². The van der Waals surface area contributed by atoms with E-state index in [2.05, 4.69) is 9.97 Å². The second kappa shape index (κ2) is 10.3. The SMILES string of the molecule is COc1cc(CN(C(=O)c2sc3ccccc3c2Cl)C2CCC(N)CC2)ccc1-c1ncccn1. The van der Waals surface area contributed by atoms with Crippen LogP contribution in [0.3, 0.4) is 0 Å². The third-order valence-electron chi connectivity index (χ3n) is 6.60. The lowest BCUT2D eigenvalue weighted by atomic mass is 9.90. The molecule has 1 amide bonds. The van der Waals surface area contributed by atoms with E-state index in [0.717, 1.165) is 46.9 Å². The van der Waals surface area contributed by atoms with Crippen LogP contribution in [0.4, 0.5) is 0 Å². The smallest absolute Gasteiger partial charge is 0.266 e. The van der Waals surface area contributed by atoms with E-state index in [1.165, 1.54) is 11.3 Å². The van der Waals surface area contributed by atoms with E-state index in [-0.39, 0.29) is 18.0 Å². The highest BCUT2D eigenvalue weighted by molar-refractivity contribution is 7.21. The van der Waals surface area contributed by atoms with Crippen molar-refractivity contribution in [2.45, 2.75) is 44.3 Å². The van der Waals surface area contributed by atoms with Gasteiger partial charge in [0.05, 0.1) is 17.7 Å². The van der Waals surface area contributed by atoms with E-state index in [0.29, 0.717) is 28.0 Å². The van der Waals surface area contributed by atoms with Gasteiger partial charge in [0.15, 0.2) is 5.82 Å². The molecule has 2 heterocycles.